The highest BCUT2D eigenvalue weighted by Crippen LogP contribution is 2.24. The lowest BCUT2D eigenvalue weighted by atomic mass is 10.1. The van der Waals surface area contributed by atoms with Crippen LogP contribution in [0.4, 0.5) is 5.82 Å². The molecule has 0 aliphatic rings. The Balaban J connectivity index is 2.61. The van der Waals surface area contributed by atoms with Crippen LogP contribution in [0.1, 0.15) is 64.9 Å². The molecule has 1 rings (SSSR count). The number of nitrogens with zero attached hydrogens (tertiary/aromatic N) is 2. The third-order valence-electron chi connectivity index (χ3n) is 3.32. The molecule has 0 aliphatic carbocycles. The first kappa shape index (κ1) is 16.7. The molecule has 0 saturated heterocycles. The monoisotopic (exact) mass is 280 g/mol. The zero-order chi connectivity index (χ0) is 14.8. The molecule has 0 radical (unpaired) electrons. The fourth-order valence-corrected chi connectivity index (χ4v) is 2.21. The van der Waals surface area contributed by atoms with Crippen LogP contribution < -0.4 is 16.0 Å². The summed E-state index contributed by atoms with van der Waals surface area (Å²) in [5.74, 6) is 6.82. The van der Waals surface area contributed by atoms with Crippen molar-refractivity contribution in [2.75, 3.05) is 5.43 Å². The van der Waals surface area contributed by atoms with Gasteiger partial charge in [-0.1, -0.05) is 39.5 Å². The molecule has 0 aliphatic heterocycles. The highest BCUT2D eigenvalue weighted by atomic mass is 16.5. The second-order valence-electron chi connectivity index (χ2n) is 5.18. The first-order chi connectivity index (χ1) is 9.72. The molecule has 1 aromatic rings. The second-order valence-corrected chi connectivity index (χ2v) is 5.18. The minimum Gasteiger partial charge on any atom is -0.474 e. The maximum Gasteiger partial charge on any atom is 0.222 e. The van der Waals surface area contributed by atoms with Crippen molar-refractivity contribution in [2.45, 2.75) is 71.8 Å². The van der Waals surface area contributed by atoms with Crippen LogP contribution in [0.3, 0.4) is 0 Å². The number of anilines is 1. The molecule has 1 heterocycles. The zero-order valence-corrected chi connectivity index (χ0v) is 13.0. The van der Waals surface area contributed by atoms with Crippen molar-refractivity contribution in [3.05, 3.63) is 11.9 Å². The molecule has 0 aromatic carbocycles. The molecule has 20 heavy (non-hydrogen) atoms. The molecule has 1 aromatic heterocycles. The molecule has 3 N–H and O–H groups in total. The van der Waals surface area contributed by atoms with Gasteiger partial charge in [-0.25, -0.2) is 15.8 Å². The number of nitrogens with two attached hydrogens (primary N) is 1. The summed E-state index contributed by atoms with van der Waals surface area (Å²) in [6.45, 7) is 6.43. The molecule has 0 spiro atoms. The molecular formula is C15H28N4O. The van der Waals surface area contributed by atoms with Gasteiger partial charge in [-0.3, -0.25) is 0 Å². The maximum absolute atomic E-state index is 5.97. The van der Waals surface area contributed by atoms with E-state index in [2.05, 4.69) is 36.2 Å². The Kier molecular flexibility index (Phi) is 7.95. The van der Waals surface area contributed by atoms with Gasteiger partial charge >= 0.3 is 0 Å². The van der Waals surface area contributed by atoms with Crippen molar-refractivity contribution in [1.82, 2.24) is 9.97 Å². The van der Waals surface area contributed by atoms with Crippen LogP contribution in [0.25, 0.3) is 0 Å². The smallest absolute Gasteiger partial charge is 0.222 e. The summed E-state index contributed by atoms with van der Waals surface area (Å²) in [5, 5.41) is 0. The third-order valence-corrected chi connectivity index (χ3v) is 3.32. The van der Waals surface area contributed by atoms with E-state index in [1.165, 1.54) is 32.0 Å². The van der Waals surface area contributed by atoms with Crippen molar-refractivity contribution in [1.29, 1.82) is 0 Å². The first-order valence-electron chi connectivity index (χ1n) is 7.70. The molecular weight excluding hydrogens is 252 g/mol. The average Bonchev–Trinajstić information content (AvgIpc) is 2.45. The molecule has 5 heteroatoms. The number of rotatable bonds is 10. The van der Waals surface area contributed by atoms with Gasteiger partial charge in [0, 0.05) is 0 Å². The van der Waals surface area contributed by atoms with E-state index in [1.54, 1.807) is 0 Å². The SMILES string of the molecule is CCCCCCC(C)Oc1ncnc(NN)c1CCC. The van der Waals surface area contributed by atoms with E-state index in [-0.39, 0.29) is 6.10 Å². The van der Waals surface area contributed by atoms with E-state index in [0.717, 1.165) is 24.8 Å². The standard InChI is InChI=1S/C15H28N4O/c1-4-6-7-8-10-12(3)20-15-13(9-5-2)14(19-16)17-11-18-15/h11-12H,4-10,16H2,1-3H3,(H,17,18,19). The molecule has 0 fully saturated rings. The Hall–Kier alpha value is -1.36. The molecule has 0 amide bonds. The molecule has 1 atom stereocenters. The first-order valence-corrected chi connectivity index (χ1v) is 7.70. The van der Waals surface area contributed by atoms with E-state index in [4.69, 9.17) is 10.6 Å². The van der Waals surface area contributed by atoms with Gasteiger partial charge in [0.2, 0.25) is 5.88 Å². The van der Waals surface area contributed by atoms with E-state index in [9.17, 15) is 0 Å². The number of aromatic nitrogens is 2. The number of nitrogen functional groups attached to an aromatic ring is 1. The van der Waals surface area contributed by atoms with Crippen LogP contribution in [0.15, 0.2) is 6.33 Å². The Morgan fingerprint density at radius 3 is 2.65 bits per heavy atom. The van der Waals surface area contributed by atoms with Gasteiger partial charge in [-0.05, 0) is 26.2 Å². The predicted octanol–water partition coefficient (Wildman–Crippen LogP) is 3.45. The van der Waals surface area contributed by atoms with Crippen LogP contribution in [0.5, 0.6) is 5.88 Å². The Morgan fingerprint density at radius 2 is 2.00 bits per heavy atom. The lowest BCUT2D eigenvalue weighted by molar-refractivity contribution is 0.196. The Bertz CT molecular complexity index is 384. The Morgan fingerprint density at radius 1 is 1.20 bits per heavy atom. The topological polar surface area (TPSA) is 73.1 Å². The number of nitrogens with one attached hydrogen (secondary N) is 1. The zero-order valence-electron chi connectivity index (χ0n) is 13.0. The lowest BCUT2D eigenvalue weighted by Crippen LogP contribution is -2.17. The van der Waals surface area contributed by atoms with E-state index in [0.29, 0.717) is 11.7 Å². The molecule has 0 bridgehead atoms. The highest BCUT2D eigenvalue weighted by Gasteiger charge is 2.14. The minimum atomic E-state index is 0.169. The number of unbranched alkanes of at least 4 members (excludes halogenated alkanes) is 3. The van der Waals surface area contributed by atoms with E-state index in [1.807, 2.05) is 0 Å². The summed E-state index contributed by atoms with van der Waals surface area (Å²) in [5.41, 5.74) is 3.59. The van der Waals surface area contributed by atoms with Crippen molar-refractivity contribution in [3.63, 3.8) is 0 Å². The van der Waals surface area contributed by atoms with Crippen molar-refractivity contribution >= 4 is 5.82 Å². The summed E-state index contributed by atoms with van der Waals surface area (Å²) < 4.78 is 5.97. The Labute approximate surface area is 122 Å². The van der Waals surface area contributed by atoms with Gasteiger partial charge < -0.3 is 10.2 Å². The molecule has 1 unspecified atom stereocenters. The molecule has 0 saturated carbocycles. The maximum atomic E-state index is 5.97. The summed E-state index contributed by atoms with van der Waals surface area (Å²) in [6, 6.07) is 0. The minimum absolute atomic E-state index is 0.169. The van der Waals surface area contributed by atoms with Crippen LogP contribution in [0, 0.1) is 0 Å². The number of hydrogen-bond acceptors (Lipinski definition) is 5. The van der Waals surface area contributed by atoms with Gasteiger partial charge in [-0.15, -0.1) is 0 Å². The van der Waals surface area contributed by atoms with Crippen LogP contribution in [-0.4, -0.2) is 16.1 Å². The van der Waals surface area contributed by atoms with Crippen LogP contribution in [-0.2, 0) is 6.42 Å². The van der Waals surface area contributed by atoms with Gasteiger partial charge in [0.1, 0.15) is 12.1 Å². The number of hydrazine groups is 1. The normalized spacial score (nSPS) is 12.2. The van der Waals surface area contributed by atoms with Gasteiger partial charge in [0.05, 0.1) is 11.7 Å². The van der Waals surface area contributed by atoms with Crippen LogP contribution >= 0.6 is 0 Å². The largest absolute Gasteiger partial charge is 0.474 e. The van der Waals surface area contributed by atoms with Gasteiger partial charge in [0.25, 0.3) is 0 Å². The van der Waals surface area contributed by atoms with E-state index >= 15 is 0 Å². The number of hydrogen-bond donors (Lipinski definition) is 2. The summed E-state index contributed by atoms with van der Waals surface area (Å²) in [6.07, 6.45) is 9.60. The van der Waals surface area contributed by atoms with Crippen LogP contribution in [0.2, 0.25) is 0 Å². The average molecular weight is 280 g/mol. The van der Waals surface area contributed by atoms with E-state index < -0.39 is 0 Å². The second kappa shape index (κ2) is 9.53. The highest BCUT2D eigenvalue weighted by molar-refractivity contribution is 5.47. The molecule has 114 valence electrons. The molecule has 5 nitrogen and oxygen atoms in total. The summed E-state index contributed by atoms with van der Waals surface area (Å²) in [7, 11) is 0. The van der Waals surface area contributed by atoms with Gasteiger partial charge in [-0.2, -0.15) is 0 Å². The number of ether oxygens (including phenoxy) is 1. The van der Waals surface area contributed by atoms with Gasteiger partial charge in [0.15, 0.2) is 0 Å². The fraction of sp³-hybridized carbons (Fsp3) is 0.733. The summed E-state index contributed by atoms with van der Waals surface area (Å²) >= 11 is 0. The third kappa shape index (κ3) is 5.33. The predicted molar refractivity (Wildman–Crippen MR) is 82.7 cm³/mol. The quantitative estimate of drug-likeness (QED) is 0.390. The lowest BCUT2D eigenvalue weighted by Gasteiger charge is -2.17. The fourth-order valence-electron chi connectivity index (χ4n) is 2.21. The van der Waals surface area contributed by atoms with Crippen molar-refractivity contribution in [2.24, 2.45) is 5.84 Å². The van der Waals surface area contributed by atoms with Crippen molar-refractivity contribution < 1.29 is 4.74 Å². The summed E-state index contributed by atoms with van der Waals surface area (Å²) in [4.78, 5) is 8.40. The van der Waals surface area contributed by atoms with Crippen molar-refractivity contribution in [3.8, 4) is 5.88 Å².